The highest BCUT2D eigenvalue weighted by molar-refractivity contribution is 5.92. The lowest BCUT2D eigenvalue weighted by Gasteiger charge is -2.34. The molecule has 0 atom stereocenters. The van der Waals surface area contributed by atoms with Gasteiger partial charge in [-0.25, -0.2) is 0 Å². The van der Waals surface area contributed by atoms with Crippen LogP contribution in [0.1, 0.15) is 11.1 Å². The molecule has 1 fully saturated rings. The molecule has 1 aromatic carbocycles. The second-order valence-electron chi connectivity index (χ2n) is 7.81. The van der Waals surface area contributed by atoms with Crippen molar-refractivity contribution in [2.24, 2.45) is 0 Å². The van der Waals surface area contributed by atoms with E-state index in [0.29, 0.717) is 30.9 Å². The Morgan fingerprint density at radius 3 is 2.42 bits per heavy atom. The number of amides is 1. The van der Waals surface area contributed by atoms with Crippen LogP contribution in [-0.2, 0) is 11.3 Å². The number of hydrogen-bond donors (Lipinski definition) is 1. The van der Waals surface area contributed by atoms with Crippen LogP contribution in [0.5, 0.6) is 5.75 Å². The molecular weight excluding hydrogens is 435 g/mol. The summed E-state index contributed by atoms with van der Waals surface area (Å²) in [6.45, 7) is 3.76. The number of piperazine rings is 1. The first-order chi connectivity index (χ1) is 15.8. The third-order valence-corrected chi connectivity index (χ3v) is 5.47. The van der Waals surface area contributed by atoms with Gasteiger partial charge in [0, 0.05) is 56.4 Å². The molecule has 0 aliphatic carbocycles. The van der Waals surface area contributed by atoms with Gasteiger partial charge in [-0.15, -0.1) is 13.2 Å². The van der Waals surface area contributed by atoms with Crippen molar-refractivity contribution in [1.82, 2.24) is 14.2 Å². The molecule has 7 nitrogen and oxygen atoms in total. The molecule has 3 heterocycles. The van der Waals surface area contributed by atoms with Crippen molar-refractivity contribution in [2.45, 2.75) is 12.9 Å². The van der Waals surface area contributed by atoms with Gasteiger partial charge >= 0.3 is 6.36 Å². The van der Waals surface area contributed by atoms with E-state index in [-0.39, 0.29) is 18.2 Å². The Hall–Kier alpha value is -3.55. The number of pyridine rings is 1. The zero-order valence-corrected chi connectivity index (χ0v) is 17.7. The standard InChI is InChI=1S/C23H22F3N5O2/c24-23(25,26)33-19-6-4-18(5-7-19)28-22(32)16-30-11-9-29(10-12-30)14-17-15-31-8-2-1-3-21(31)20(17)13-27/h1-8,15H,9-12,14,16H2,(H,28,32). The second kappa shape index (κ2) is 9.52. The van der Waals surface area contributed by atoms with Gasteiger partial charge in [-0.1, -0.05) is 6.07 Å². The number of nitrogens with one attached hydrogen (secondary N) is 1. The van der Waals surface area contributed by atoms with E-state index < -0.39 is 6.36 Å². The molecule has 4 rings (SSSR count). The zero-order chi connectivity index (χ0) is 23.4. The Labute approximate surface area is 188 Å². The number of halogens is 3. The van der Waals surface area contributed by atoms with E-state index >= 15 is 0 Å². The fraction of sp³-hybridized carbons (Fsp3) is 0.304. The summed E-state index contributed by atoms with van der Waals surface area (Å²) in [6.07, 6.45) is -0.843. The molecule has 2 aromatic heterocycles. The number of carbonyl (C=O) groups excluding carboxylic acids is 1. The highest BCUT2D eigenvalue weighted by atomic mass is 19.4. The molecule has 1 aliphatic rings. The normalized spacial score (nSPS) is 15.3. The van der Waals surface area contributed by atoms with Gasteiger partial charge in [0.2, 0.25) is 5.91 Å². The van der Waals surface area contributed by atoms with Crippen molar-refractivity contribution in [3.05, 3.63) is 66.0 Å². The first-order valence-corrected chi connectivity index (χ1v) is 10.4. The fourth-order valence-corrected chi connectivity index (χ4v) is 3.92. The van der Waals surface area contributed by atoms with Gasteiger partial charge in [0.1, 0.15) is 11.8 Å². The van der Waals surface area contributed by atoms with E-state index in [9.17, 15) is 23.2 Å². The number of hydrogen-bond acceptors (Lipinski definition) is 5. The zero-order valence-electron chi connectivity index (χ0n) is 17.7. The van der Waals surface area contributed by atoms with Gasteiger partial charge < -0.3 is 14.5 Å². The van der Waals surface area contributed by atoms with Gasteiger partial charge in [-0.05, 0) is 36.4 Å². The van der Waals surface area contributed by atoms with Crippen LogP contribution in [0.3, 0.4) is 0 Å². The maximum atomic E-state index is 12.3. The molecule has 33 heavy (non-hydrogen) atoms. The third-order valence-electron chi connectivity index (χ3n) is 5.47. The first-order valence-electron chi connectivity index (χ1n) is 10.4. The number of fused-ring (bicyclic) bond motifs is 1. The van der Waals surface area contributed by atoms with E-state index in [1.165, 1.54) is 12.1 Å². The quantitative estimate of drug-likeness (QED) is 0.614. The number of nitriles is 1. The lowest BCUT2D eigenvalue weighted by atomic mass is 10.1. The number of rotatable bonds is 6. The summed E-state index contributed by atoms with van der Waals surface area (Å²) in [6, 6.07) is 13.1. The minimum Gasteiger partial charge on any atom is -0.406 e. The van der Waals surface area contributed by atoms with E-state index in [1.807, 2.05) is 39.9 Å². The minimum absolute atomic E-state index is 0.189. The Bertz CT molecular complexity index is 1160. The molecular formula is C23H22F3N5O2. The Kier molecular flexibility index (Phi) is 6.53. The summed E-state index contributed by atoms with van der Waals surface area (Å²) in [5, 5.41) is 12.3. The number of anilines is 1. The molecule has 172 valence electrons. The van der Waals surface area contributed by atoms with Crippen LogP contribution in [0, 0.1) is 11.3 Å². The van der Waals surface area contributed by atoms with Crippen molar-refractivity contribution in [3.63, 3.8) is 0 Å². The molecule has 0 saturated carbocycles. The van der Waals surface area contributed by atoms with E-state index in [4.69, 9.17) is 0 Å². The number of ether oxygens (including phenoxy) is 1. The lowest BCUT2D eigenvalue weighted by Crippen LogP contribution is -2.48. The highest BCUT2D eigenvalue weighted by Gasteiger charge is 2.31. The Morgan fingerprint density at radius 2 is 1.76 bits per heavy atom. The average molecular weight is 457 g/mol. The second-order valence-corrected chi connectivity index (χ2v) is 7.81. The van der Waals surface area contributed by atoms with Gasteiger partial charge in [0.15, 0.2) is 0 Å². The van der Waals surface area contributed by atoms with Crippen LogP contribution in [-0.4, -0.2) is 59.2 Å². The van der Waals surface area contributed by atoms with Crippen LogP contribution in [0.15, 0.2) is 54.9 Å². The van der Waals surface area contributed by atoms with Crippen molar-refractivity contribution in [2.75, 3.05) is 38.0 Å². The van der Waals surface area contributed by atoms with Crippen LogP contribution < -0.4 is 10.1 Å². The Morgan fingerprint density at radius 1 is 1.06 bits per heavy atom. The molecule has 3 aromatic rings. The molecule has 1 saturated heterocycles. The van der Waals surface area contributed by atoms with E-state index in [2.05, 4.69) is 21.0 Å². The van der Waals surface area contributed by atoms with Gasteiger partial charge in [-0.3, -0.25) is 14.6 Å². The third kappa shape index (κ3) is 5.83. The van der Waals surface area contributed by atoms with Crippen LogP contribution in [0.25, 0.3) is 5.52 Å². The minimum atomic E-state index is -4.75. The monoisotopic (exact) mass is 457 g/mol. The predicted octanol–water partition coefficient (Wildman–Crippen LogP) is 3.47. The highest BCUT2D eigenvalue weighted by Crippen LogP contribution is 2.24. The van der Waals surface area contributed by atoms with Crippen LogP contribution >= 0.6 is 0 Å². The molecule has 1 N–H and O–H groups in total. The summed E-state index contributed by atoms with van der Waals surface area (Å²) >= 11 is 0. The molecule has 1 amide bonds. The molecule has 0 spiro atoms. The first kappa shape index (κ1) is 22.6. The van der Waals surface area contributed by atoms with Gasteiger partial charge in [0.05, 0.1) is 17.6 Å². The van der Waals surface area contributed by atoms with Crippen molar-refractivity contribution >= 4 is 17.1 Å². The smallest absolute Gasteiger partial charge is 0.406 e. The maximum Gasteiger partial charge on any atom is 0.573 e. The maximum absolute atomic E-state index is 12.3. The summed E-state index contributed by atoms with van der Waals surface area (Å²) < 4.78 is 42.5. The molecule has 1 aliphatic heterocycles. The van der Waals surface area contributed by atoms with Crippen LogP contribution in [0.4, 0.5) is 18.9 Å². The predicted molar refractivity (Wildman–Crippen MR) is 116 cm³/mol. The number of alkyl halides is 3. The summed E-state index contributed by atoms with van der Waals surface area (Å²) in [7, 11) is 0. The molecule has 0 unspecified atom stereocenters. The number of carbonyl (C=O) groups is 1. The summed E-state index contributed by atoms with van der Waals surface area (Å²) in [5.74, 6) is -0.578. The SMILES string of the molecule is N#Cc1c(CN2CCN(CC(=O)Nc3ccc(OC(F)(F)F)cc3)CC2)cn2ccccc12. The number of benzene rings is 1. The average Bonchev–Trinajstić information content (AvgIpc) is 3.12. The van der Waals surface area contributed by atoms with E-state index in [0.717, 1.165) is 36.3 Å². The molecule has 0 radical (unpaired) electrons. The molecule has 10 heteroatoms. The summed E-state index contributed by atoms with van der Waals surface area (Å²) in [4.78, 5) is 16.6. The van der Waals surface area contributed by atoms with Gasteiger partial charge in [-0.2, -0.15) is 5.26 Å². The van der Waals surface area contributed by atoms with Crippen LogP contribution in [0.2, 0.25) is 0 Å². The van der Waals surface area contributed by atoms with Crippen molar-refractivity contribution < 1.29 is 22.7 Å². The van der Waals surface area contributed by atoms with E-state index in [1.54, 1.807) is 0 Å². The molecule has 0 bridgehead atoms. The number of nitrogens with zero attached hydrogens (tertiary/aromatic N) is 4. The summed E-state index contributed by atoms with van der Waals surface area (Å²) in [5.41, 5.74) is 2.96. The van der Waals surface area contributed by atoms with Crippen molar-refractivity contribution in [1.29, 1.82) is 5.26 Å². The van der Waals surface area contributed by atoms with Crippen molar-refractivity contribution in [3.8, 4) is 11.8 Å². The largest absolute Gasteiger partial charge is 0.573 e. The van der Waals surface area contributed by atoms with Gasteiger partial charge in [0.25, 0.3) is 0 Å². The number of aromatic nitrogens is 1. The fourth-order valence-electron chi connectivity index (χ4n) is 3.92. The lowest BCUT2D eigenvalue weighted by molar-refractivity contribution is -0.274. The Balaban J connectivity index is 1.26. The topological polar surface area (TPSA) is 73.0 Å².